The van der Waals surface area contributed by atoms with E-state index in [1.807, 2.05) is 52.0 Å². The molecule has 6 heterocycles. The van der Waals surface area contributed by atoms with Crippen molar-refractivity contribution in [3.8, 4) is 5.75 Å². The van der Waals surface area contributed by atoms with Crippen molar-refractivity contribution < 1.29 is 72.4 Å². The number of rotatable bonds is 13. The Labute approximate surface area is 532 Å². The van der Waals surface area contributed by atoms with E-state index in [1.165, 1.54) is 21.9 Å². The van der Waals surface area contributed by atoms with E-state index in [-0.39, 0.29) is 107 Å². The maximum Gasteiger partial charge on any atom is 0.326 e. The van der Waals surface area contributed by atoms with Gasteiger partial charge in [0.05, 0.1) is 42.7 Å². The summed E-state index contributed by atoms with van der Waals surface area (Å²) in [4.78, 5) is 157. The maximum absolute atomic E-state index is 15.3. The highest BCUT2D eigenvalue weighted by Gasteiger charge is 2.49. The second kappa shape index (κ2) is 31.8. The van der Waals surface area contributed by atoms with E-state index in [0.29, 0.717) is 23.3 Å². The van der Waals surface area contributed by atoms with Gasteiger partial charge in [-0.2, -0.15) is 0 Å². The van der Waals surface area contributed by atoms with Gasteiger partial charge in [0.1, 0.15) is 36.3 Å². The van der Waals surface area contributed by atoms with Crippen LogP contribution in [0, 0.1) is 35.0 Å². The number of benzene rings is 3. The molecule has 10 rings (SSSR count). The molecule has 0 radical (unpaired) electrons. The molecule has 3 aromatic carbocycles. The average Bonchev–Trinajstić information content (AvgIpc) is 1.94. The summed E-state index contributed by atoms with van der Waals surface area (Å²) in [5, 5.41) is 35.3. The van der Waals surface area contributed by atoms with Crippen molar-refractivity contribution in [1.82, 2.24) is 36.4 Å². The number of carboxylic acid groups (broad SMARTS) is 2. The van der Waals surface area contributed by atoms with Gasteiger partial charge in [-0.15, -0.1) is 0 Å². The van der Waals surface area contributed by atoms with Gasteiger partial charge >= 0.3 is 11.9 Å². The molecule has 0 aromatic heterocycles. The number of nitrogens with one attached hydrogen (secondary N) is 5. The molecule has 6 aliphatic heterocycles. The van der Waals surface area contributed by atoms with Crippen LogP contribution in [0.4, 0.5) is 0 Å². The molecule has 8 bridgehead atoms. The van der Waals surface area contributed by atoms with Gasteiger partial charge in [0.25, 0.3) is 5.91 Å². The molecule has 2 unspecified atom stereocenters. The maximum atomic E-state index is 15.3. The summed E-state index contributed by atoms with van der Waals surface area (Å²) in [5.41, 5.74) is 2.07. The average molecular weight is 1260 g/mol. The smallest absolute Gasteiger partial charge is 0.326 e. The molecule has 6 amide bonds. The summed E-state index contributed by atoms with van der Waals surface area (Å²) >= 11 is 0. The molecule has 22 nitrogen and oxygen atoms in total. The Morgan fingerprint density at radius 3 is 1.91 bits per heavy atom. The van der Waals surface area contributed by atoms with Gasteiger partial charge in [0.2, 0.25) is 29.5 Å². The van der Waals surface area contributed by atoms with Crippen LogP contribution in [0.25, 0.3) is 0 Å². The highest BCUT2D eigenvalue weighted by molar-refractivity contribution is 5.99. The van der Waals surface area contributed by atoms with Crippen LogP contribution in [0.5, 0.6) is 5.75 Å². The predicted octanol–water partition coefficient (Wildman–Crippen LogP) is 5.00. The summed E-state index contributed by atoms with van der Waals surface area (Å²) < 4.78 is 12.2. The first-order chi connectivity index (χ1) is 43.2. The molecule has 3 aromatic rings. The number of carboxylic acids is 2. The van der Waals surface area contributed by atoms with Gasteiger partial charge in [-0.05, 0) is 117 Å². The molecule has 2 saturated heterocycles. The summed E-state index contributed by atoms with van der Waals surface area (Å²) in [7, 11) is 1.63. The molecule has 0 spiro atoms. The van der Waals surface area contributed by atoms with Gasteiger partial charge in [0, 0.05) is 68.1 Å². The molecular formula is C69H91N7O15. The first kappa shape index (κ1) is 70.3. The van der Waals surface area contributed by atoms with Crippen molar-refractivity contribution in [2.45, 2.75) is 174 Å². The van der Waals surface area contributed by atoms with Crippen LogP contribution in [0.15, 0.2) is 84.9 Å². The van der Waals surface area contributed by atoms with Crippen molar-refractivity contribution in [2.75, 3.05) is 33.4 Å². The molecule has 13 atom stereocenters. The summed E-state index contributed by atoms with van der Waals surface area (Å²) in [6.07, 6.45) is 3.11. The number of nitrogens with zero attached hydrogens (tertiary/aromatic N) is 2. The third kappa shape index (κ3) is 18.1. The molecule has 492 valence electrons. The highest BCUT2D eigenvalue weighted by atomic mass is 16.5. The minimum atomic E-state index is -1.49. The van der Waals surface area contributed by atoms with Crippen LogP contribution in [0.3, 0.4) is 0 Å². The number of ether oxygens (including phenoxy) is 2. The Morgan fingerprint density at radius 1 is 0.681 bits per heavy atom. The molecular weight excluding hydrogens is 1170 g/mol. The number of amides is 6. The highest BCUT2D eigenvalue weighted by Crippen LogP contribution is 2.37. The summed E-state index contributed by atoms with van der Waals surface area (Å²) in [6, 6.07) is 12.9. The van der Waals surface area contributed by atoms with E-state index >= 15 is 4.79 Å². The fourth-order valence-corrected chi connectivity index (χ4v) is 12.5. The largest absolute Gasteiger partial charge is 0.490 e. The first-order valence-electron chi connectivity index (χ1n) is 31.9. The third-order valence-electron chi connectivity index (χ3n) is 18.6. The van der Waals surface area contributed by atoms with Crippen LogP contribution in [-0.4, -0.2) is 166 Å². The van der Waals surface area contributed by atoms with Crippen LogP contribution in [0.1, 0.15) is 133 Å². The van der Waals surface area contributed by atoms with Gasteiger partial charge < -0.3 is 56.1 Å². The van der Waals surface area contributed by atoms with E-state index < -0.39 is 137 Å². The lowest BCUT2D eigenvalue weighted by atomic mass is 9.71. The molecule has 91 heavy (non-hydrogen) atoms. The number of hydrogen-bond donors (Lipinski definition) is 7. The lowest BCUT2D eigenvalue weighted by Crippen LogP contribution is -2.55. The van der Waals surface area contributed by atoms with Gasteiger partial charge in [-0.1, -0.05) is 103 Å². The topological polar surface area (TPSA) is 313 Å². The predicted molar refractivity (Wildman–Crippen MR) is 337 cm³/mol. The monoisotopic (exact) mass is 1260 g/mol. The normalized spacial score (nSPS) is 25.7. The number of carbonyl (C=O) groups is 11. The van der Waals surface area contributed by atoms with Crippen LogP contribution < -0.4 is 31.3 Å². The fraction of sp³-hybridized carbons (Fsp3) is 0.551. The summed E-state index contributed by atoms with van der Waals surface area (Å²) in [6.45, 7) is 14.2. The van der Waals surface area contributed by atoms with E-state index in [9.17, 15) is 58.2 Å². The molecule has 2 fully saturated rings. The lowest BCUT2D eigenvalue weighted by Gasteiger charge is -2.36. The van der Waals surface area contributed by atoms with Crippen molar-refractivity contribution in [1.29, 1.82) is 0 Å². The van der Waals surface area contributed by atoms with Crippen LogP contribution in [-0.2, 0) is 78.4 Å². The lowest BCUT2D eigenvalue weighted by molar-refractivity contribution is -0.147. The van der Waals surface area contributed by atoms with Crippen LogP contribution >= 0.6 is 0 Å². The quantitative estimate of drug-likeness (QED) is 0.111. The molecule has 0 saturated carbocycles. The number of hydrogen-bond acceptors (Lipinski definition) is 14. The Balaban J connectivity index is 1.20. The number of fused-ring (bicyclic) bond motifs is 1. The number of aliphatic carboxylic acids is 2. The minimum absolute atomic E-state index is 0.00979. The van der Waals surface area contributed by atoms with Gasteiger partial charge in [-0.25, -0.2) is 4.79 Å². The van der Waals surface area contributed by atoms with Gasteiger partial charge in [0.15, 0.2) is 11.6 Å². The number of likely N-dealkylation sites (tertiary alicyclic amines) is 2. The van der Waals surface area contributed by atoms with Crippen molar-refractivity contribution in [3.05, 3.63) is 113 Å². The molecule has 1 aliphatic carbocycles. The zero-order valence-corrected chi connectivity index (χ0v) is 53.8. The van der Waals surface area contributed by atoms with Crippen molar-refractivity contribution in [2.24, 2.45) is 35.0 Å². The Kier molecular flexibility index (Phi) is 24.6. The Bertz CT molecular complexity index is 3180. The zero-order chi connectivity index (χ0) is 66.4. The van der Waals surface area contributed by atoms with Gasteiger partial charge in [-0.3, -0.25) is 47.9 Å². The standard InChI is InChI=1S/C69H91N7O15/c1-10-39(4)61(80)73-54(12-3)66(85)76-38-49-35-56(76)60(79)50-31-44-17-13-14-18-45(44)32-51(50)63(82)74-55(68(88)89)30-42-19-23-43(24-20-42)62(81)71-47-34-57(75(37-47)65(84)52(69(6,7)8)36-58(77)40(5)70-9)64(83)72-53(11-2)59(78)33-46(67(86)87)29-41-21-25-48(26-22-41)90-27-15-16-28-91-49/h13-26,39-40,46-47,49-57,70H,10-12,27-38H2,1-9H3,(H,71,81)(H,72,83)(H,73,80)(H,74,82)(H,86,87)(H,88,89)/b16-15+/t39-,40+,46-,47+,49+,50?,51-,52-,53?,54+,55+,56+,57+/m1/s1. The molecule has 7 N–H and O–H groups in total. The SMILES string of the molecule is CCC1NC(=O)[C@@H]2C[C@@H](CN2C(=O)[C@@H](CC(=O)[C@H](C)NC)C(C)(C)C)NC(=O)c2ccc(cc2)C[C@@H](C(=O)O)NC(=O)[C@@H]2Cc3ccccc3CC2C(=O)[C@@H]2C[C@@H](CN2C(=O)[C@H](CC)NC(=O)[C@H](C)CC)OC/C=C/COc2ccc(cc2)C[C@@H](C(=O)O)CC1=O. The second-order valence-corrected chi connectivity index (χ2v) is 25.9. The Hall–Kier alpha value is -8.11. The zero-order valence-electron chi connectivity index (χ0n) is 53.8. The van der Waals surface area contributed by atoms with Crippen LogP contribution in [0.2, 0.25) is 0 Å². The summed E-state index contributed by atoms with van der Waals surface area (Å²) in [5.74, 6) is -11.0. The third-order valence-corrected chi connectivity index (χ3v) is 18.6. The van der Waals surface area contributed by atoms with E-state index in [4.69, 9.17) is 9.47 Å². The minimum Gasteiger partial charge on any atom is -0.490 e. The van der Waals surface area contributed by atoms with E-state index in [2.05, 4.69) is 26.6 Å². The number of likely N-dealkylation sites (N-methyl/N-ethyl adjacent to an activating group) is 1. The first-order valence-corrected chi connectivity index (χ1v) is 31.9. The number of ketones is 3. The Morgan fingerprint density at radius 2 is 1.31 bits per heavy atom. The second-order valence-electron chi connectivity index (χ2n) is 25.9. The molecule has 7 aliphatic rings. The molecule has 22 heteroatoms. The fourth-order valence-electron chi connectivity index (χ4n) is 12.5. The van der Waals surface area contributed by atoms with Crippen molar-refractivity contribution in [3.63, 3.8) is 0 Å². The number of Topliss-reactive ketones (excluding diaryl/α,β-unsaturated/α-hetero) is 3. The van der Waals surface area contributed by atoms with E-state index in [1.54, 1.807) is 83.3 Å². The number of carbonyl (C=O) groups excluding carboxylic acids is 9. The van der Waals surface area contributed by atoms with Crippen molar-refractivity contribution >= 4 is 64.7 Å². The van der Waals surface area contributed by atoms with E-state index in [0.717, 1.165) is 11.1 Å².